The SMILES string of the molecule is COC(=O)C1C2CC[C@@H](C[C@@H]1c1ccc(C)cc1)N2C. The number of carbonyl (C=O) groups is 1. The predicted octanol–water partition coefficient (Wildman–Crippen LogP) is 2.73. The lowest BCUT2D eigenvalue weighted by molar-refractivity contribution is -0.150. The summed E-state index contributed by atoms with van der Waals surface area (Å²) in [4.78, 5) is 14.7. The number of methoxy groups -OCH3 is 1. The number of rotatable bonds is 2. The van der Waals surface area contributed by atoms with Crippen LogP contribution in [0, 0.1) is 12.8 Å². The van der Waals surface area contributed by atoms with E-state index in [-0.39, 0.29) is 11.9 Å². The van der Waals surface area contributed by atoms with Crippen LogP contribution in [-0.2, 0) is 9.53 Å². The number of ether oxygens (including phenoxy) is 1. The van der Waals surface area contributed by atoms with Crippen LogP contribution in [0.4, 0.5) is 0 Å². The Morgan fingerprint density at radius 1 is 1.25 bits per heavy atom. The average molecular weight is 273 g/mol. The summed E-state index contributed by atoms with van der Waals surface area (Å²) in [6.45, 7) is 2.10. The van der Waals surface area contributed by atoms with Gasteiger partial charge in [-0.25, -0.2) is 0 Å². The Bertz CT molecular complexity index is 496. The van der Waals surface area contributed by atoms with E-state index in [0.717, 1.165) is 12.8 Å². The van der Waals surface area contributed by atoms with Gasteiger partial charge < -0.3 is 4.74 Å². The second kappa shape index (κ2) is 5.21. The number of hydrogen-bond acceptors (Lipinski definition) is 3. The van der Waals surface area contributed by atoms with E-state index in [1.54, 1.807) is 0 Å². The van der Waals surface area contributed by atoms with Crippen molar-refractivity contribution in [3.63, 3.8) is 0 Å². The first-order chi connectivity index (χ1) is 9.61. The van der Waals surface area contributed by atoms with E-state index in [1.807, 2.05) is 0 Å². The summed E-state index contributed by atoms with van der Waals surface area (Å²) in [5, 5.41) is 0. The topological polar surface area (TPSA) is 29.5 Å². The Morgan fingerprint density at radius 2 is 1.95 bits per heavy atom. The van der Waals surface area contributed by atoms with Gasteiger partial charge in [0.25, 0.3) is 0 Å². The molecule has 1 aromatic rings. The van der Waals surface area contributed by atoms with Crippen LogP contribution >= 0.6 is 0 Å². The fourth-order valence-electron chi connectivity index (χ4n) is 4.08. The van der Waals surface area contributed by atoms with Gasteiger partial charge >= 0.3 is 5.97 Å². The lowest BCUT2D eigenvalue weighted by Crippen LogP contribution is -2.49. The largest absolute Gasteiger partial charge is 0.469 e. The van der Waals surface area contributed by atoms with Crippen LogP contribution in [0.5, 0.6) is 0 Å². The second-order valence-electron chi connectivity index (χ2n) is 6.27. The third-order valence-corrected chi connectivity index (χ3v) is 5.25. The smallest absolute Gasteiger partial charge is 0.310 e. The fraction of sp³-hybridized carbons (Fsp3) is 0.588. The Balaban J connectivity index is 1.95. The lowest BCUT2D eigenvalue weighted by Gasteiger charge is -2.41. The first-order valence-electron chi connectivity index (χ1n) is 7.48. The van der Waals surface area contributed by atoms with Gasteiger partial charge in [0.05, 0.1) is 13.0 Å². The highest BCUT2D eigenvalue weighted by atomic mass is 16.5. The molecule has 4 atom stereocenters. The van der Waals surface area contributed by atoms with Crippen LogP contribution in [0.2, 0.25) is 0 Å². The van der Waals surface area contributed by atoms with E-state index in [0.29, 0.717) is 18.0 Å². The third kappa shape index (κ3) is 2.14. The fourth-order valence-corrected chi connectivity index (χ4v) is 4.08. The second-order valence-corrected chi connectivity index (χ2v) is 6.27. The maximum atomic E-state index is 12.3. The van der Waals surface area contributed by atoms with Crippen molar-refractivity contribution < 1.29 is 9.53 Å². The molecule has 3 heteroatoms. The van der Waals surface area contributed by atoms with E-state index in [9.17, 15) is 4.79 Å². The number of benzene rings is 1. The molecular formula is C17H23NO2. The number of nitrogens with zero attached hydrogens (tertiary/aromatic N) is 1. The third-order valence-electron chi connectivity index (χ3n) is 5.25. The molecule has 2 unspecified atom stereocenters. The van der Waals surface area contributed by atoms with E-state index in [2.05, 4.69) is 43.1 Å². The molecule has 0 saturated carbocycles. The Labute approximate surface area is 120 Å². The zero-order valence-corrected chi connectivity index (χ0v) is 12.5. The van der Waals surface area contributed by atoms with Crippen molar-refractivity contribution in [1.82, 2.24) is 4.90 Å². The number of esters is 1. The molecule has 108 valence electrons. The Hall–Kier alpha value is -1.35. The van der Waals surface area contributed by atoms with Crippen molar-refractivity contribution in [1.29, 1.82) is 0 Å². The van der Waals surface area contributed by atoms with Gasteiger partial charge in [0.2, 0.25) is 0 Å². The molecule has 0 amide bonds. The maximum Gasteiger partial charge on any atom is 0.310 e. The van der Waals surface area contributed by atoms with Gasteiger partial charge in [-0.1, -0.05) is 29.8 Å². The zero-order valence-electron chi connectivity index (χ0n) is 12.5. The highest BCUT2D eigenvalue weighted by Gasteiger charge is 2.49. The van der Waals surface area contributed by atoms with Gasteiger partial charge in [-0.15, -0.1) is 0 Å². The quantitative estimate of drug-likeness (QED) is 0.776. The van der Waals surface area contributed by atoms with Gasteiger partial charge in [0.1, 0.15) is 0 Å². The van der Waals surface area contributed by atoms with Crippen molar-refractivity contribution in [3.8, 4) is 0 Å². The minimum atomic E-state index is -0.0484. The van der Waals surface area contributed by atoms with E-state index in [1.165, 1.54) is 24.7 Å². The standard InChI is InChI=1S/C17H23NO2/c1-11-4-6-12(7-5-11)14-10-13-8-9-15(18(13)2)16(14)17(19)20-3/h4-7,13-16H,8-10H2,1-3H3/t13-,14+,15?,16?/m0/s1. The van der Waals surface area contributed by atoms with E-state index >= 15 is 0 Å². The van der Waals surface area contributed by atoms with E-state index in [4.69, 9.17) is 4.74 Å². The minimum absolute atomic E-state index is 0.0218. The van der Waals surface area contributed by atoms with Crippen LogP contribution in [0.15, 0.2) is 24.3 Å². The van der Waals surface area contributed by atoms with Crippen LogP contribution in [-0.4, -0.2) is 37.1 Å². The number of carbonyl (C=O) groups excluding carboxylic acids is 1. The molecule has 2 fully saturated rings. The van der Waals surface area contributed by atoms with Crippen molar-refractivity contribution in [2.24, 2.45) is 5.92 Å². The number of fused-ring (bicyclic) bond motifs is 2. The molecule has 2 saturated heterocycles. The van der Waals surface area contributed by atoms with Gasteiger partial charge in [-0.2, -0.15) is 0 Å². The van der Waals surface area contributed by atoms with Crippen LogP contribution in [0.1, 0.15) is 36.3 Å². The number of aryl methyl sites for hydroxylation is 1. The molecule has 3 nitrogen and oxygen atoms in total. The summed E-state index contributed by atoms with van der Waals surface area (Å²) < 4.78 is 5.10. The molecular weight excluding hydrogens is 250 g/mol. The molecule has 0 aromatic heterocycles. The highest BCUT2D eigenvalue weighted by Crippen LogP contribution is 2.46. The summed E-state index contributed by atoms with van der Waals surface area (Å²) in [7, 11) is 3.67. The highest BCUT2D eigenvalue weighted by molar-refractivity contribution is 5.75. The summed E-state index contributed by atoms with van der Waals surface area (Å²) in [6.07, 6.45) is 3.39. The molecule has 2 aliphatic rings. The van der Waals surface area contributed by atoms with E-state index < -0.39 is 0 Å². The lowest BCUT2D eigenvalue weighted by atomic mass is 9.76. The predicted molar refractivity (Wildman–Crippen MR) is 78.6 cm³/mol. The van der Waals surface area contributed by atoms with Crippen molar-refractivity contribution >= 4 is 5.97 Å². The molecule has 20 heavy (non-hydrogen) atoms. The van der Waals surface area contributed by atoms with Crippen LogP contribution in [0.3, 0.4) is 0 Å². The van der Waals surface area contributed by atoms with Gasteiger partial charge in [-0.05, 0) is 38.8 Å². The minimum Gasteiger partial charge on any atom is -0.469 e. The summed E-state index contributed by atoms with van der Waals surface area (Å²) in [5.41, 5.74) is 2.55. The summed E-state index contributed by atoms with van der Waals surface area (Å²) in [5.74, 6) is 0.232. The van der Waals surface area contributed by atoms with Gasteiger partial charge in [0.15, 0.2) is 0 Å². The molecule has 2 bridgehead atoms. The first-order valence-corrected chi connectivity index (χ1v) is 7.48. The van der Waals surface area contributed by atoms with Crippen LogP contribution < -0.4 is 0 Å². The maximum absolute atomic E-state index is 12.3. The molecule has 3 rings (SSSR count). The zero-order chi connectivity index (χ0) is 14.3. The summed E-state index contributed by atoms with van der Waals surface area (Å²) >= 11 is 0. The molecule has 0 spiro atoms. The first kappa shape index (κ1) is 13.6. The van der Waals surface area contributed by atoms with Crippen molar-refractivity contribution in [2.45, 2.75) is 44.2 Å². The van der Waals surface area contributed by atoms with Crippen LogP contribution in [0.25, 0.3) is 0 Å². The molecule has 0 N–H and O–H groups in total. The molecule has 1 aromatic carbocycles. The number of hydrogen-bond donors (Lipinski definition) is 0. The van der Waals surface area contributed by atoms with Gasteiger partial charge in [0, 0.05) is 18.0 Å². The summed E-state index contributed by atoms with van der Waals surface area (Å²) in [6, 6.07) is 9.61. The number of piperidine rings is 1. The monoisotopic (exact) mass is 273 g/mol. The van der Waals surface area contributed by atoms with Crippen molar-refractivity contribution in [3.05, 3.63) is 35.4 Å². The molecule has 2 aliphatic heterocycles. The molecule has 0 radical (unpaired) electrons. The Kier molecular flexibility index (Phi) is 3.55. The normalized spacial score (nSPS) is 33.1. The van der Waals surface area contributed by atoms with Crippen molar-refractivity contribution in [2.75, 3.05) is 14.2 Å². The molecule has 0 aliphatic carbocycles. The molecule has 2 heterocycles. The Morgan fingerprint density at radius 3 is 2.60 bits per heavy atom. The van der Waals surface area contributed by atoms with Gasteiger partial charge in [-0.3, -0.25) is 9.69 Å². The average Bonchev–Trinajstić information content (AvgIpc) is 2.70.